The number of carbonyl (C=O) groups is 3. The highest BCUT2D eigenvalue weighted by atomic mass is 16.5. The van der Waals surface area contributed by atoms with Crippen molar-refractivity contribution in [2.24, 2.45) is 5.92 Å². The SMILES string of the molecule is CCOC(=O)c1ccccc1NC(=O)c1ccc(NC(=O)C(CC)CC)cc1. The molecule has 0 aliphatic heterocycles. The van der Waals surface area contributed by atoms with Gasteiger partial charge in [0.25, 0.3) is 5.91 Å². The number of anilines is 2. The first-order valence-electron chi connectivity index (χ1n) is 9.48. The first-order chi connectivity index (χ1) is 13.5. The van der Waals surface area contributed by atoms with E-state index in [0.717, 1.165) is 12.8 Å². The van der Waals surface area contributed by atoms with Crippen molar-refractivity contribution < 1.29 is 19.1 Å². The third-order valence-electron chi connectivity index (χ3n) is 4.44. The molecule has 0 fully saturated rings. The zero-order valence-corrected chi connectivity index (χ0v) is 16.5. The van der Waals surface area contributed by atoms with Crippen LogP contribution in [-0.4, -0.2) is 24.4 Å². The topological polar surface area (TPSA) is 84.5 Å². The molecule has 0 bridgehead atoms. The van der Waals surface area contributed by atoms with Crippen molar-refractivity contribution in [3.63, 3.8) is 0 Å². The Balaban J connectivity index is 2.08. The van der Waals surface area contributed by atoms with Gasteiger partial charge in [0.1, 0.15) is 0 Å². The van der Waals surface area contributed by atoms with Gasteiger partial charge in [0.2, 0.25) is 5.91 Å². The van der Waals surface area contributed by atoms with Crippen LogP contribution in [0.5, 0.6) is 0 Å². The number of ether oxygens (including phenoxy) is 1. The number of para-hydroxylation sites is 1. The van der Waals surface area contributed by atoms with Crippen LogP contribution in [0.3, 0.4) is 0 Å². The Kier molecular flexibility index (Phi) is 7.75. The van der Waals surface area contributed by atoms with Gasteiger partial charge in [0.05, 0.1) is 17.9 Å². The number of hydrogen-bond donors (Lipinski definition) is 2. The summed E-state index contributed by atoms with van der Waals surface area (Å²) in [6.07, 6.45) is 1.56. The van der Waals surface area contributed by atoms with Gasteiger partial charge in [-0.15, -0.1) is 0 Å². The zero-order valence-electron chi connectivity index (χ0n) is 16.5. The molecule has 0 saturated carbocycles. The molecule has 0 spiro atoms. The minimum absolute atomic E-state index is 0.0226. The van der Waals surface area contributed by atoms with Crippen LogP contribution in [0.4, 0.5) is 11.4 Å². The summed E-state index contributed by atoms with van der Waals surface area (Å²) in [6, 6.07) is 13.3. The van der Waals surface area contributed by atoms with Crippen LogP contribution in [0.25, 0.3) is 0 Å². The Bertz CT molecular complexity index is 827. The van der Waals surface area contributed by atoms with E-state index < -0.39 is 5.97 Å². The summed E-state index contributed by atoms with van der Waals surface area (Å²) < 4.78 is 5.02. The molecular weight excluding hydrogens is 356 g/mol. The zero-order chi connectivity index (χ0) is 20.5. The molecule has 0 saturated heterocycles. The van der Waals surface area contributed by atoms with Crippen molar-refractivity contribution >= 4 is 29.2 Å². The molecule has 0 radical (unpaired) electrons. The van der Waals surface area contributed by atoms with E-state index in [1.54, 1.807) is 55.5 Å². The number of rotatable bonds is 8. The molecule has 0 aliphatic rings. The molecule has 6 nitrogen and oxygen atoms in total. The smallest absolute Gasteiger partial charge is 0.340 e. The summed E-state index contributed by atoms with van der Waals surface area (Å²) in [4.78, 5) is 36.7. The predicted octanol–water partition coefficient (Wildman–Crippen LogP) is 4.49. The lowest BCUT2D eigenvalue weighted by atomic mass is 10.0. The Labute approximate surface area is 165 Å². The van der Waals surface area contributed by atoms with Gasteiger partial charge >= 0.3 is 5.97 Å². The number of benzene rings is 2. The van der Waals surface area contributed by atoms with Gasteiger partial charge in [0, 0.05) is 17.2 Å². The van der Waals surface area contributed by atoms with Crippen LogP contribution >= 0.6 is 0 Å². The van der Waals surface area contributed by atoms with E-state index in [4.69, 9.17) is 4.74 Å². The molecule has 2 rings (SSSR count). The molecule has 0 aliphatic carbocycles. The lowest BCUT2D eigenvalue weighted by Gasteiger charge is -2.13. The number of nitrogens with one attached hydrogen (secondary N) is 2. The highest BCUT2D eigenvalue weighted by Gasteiger charge is 2.16. The Morgan fingerprint density at radius 2 is 1.54 bits per heavy atom. The van der Waals surface area contributed by atoms with E-state index in [1.807, 2.05) is 13.8 Å². The lowest BCUT2D eigenvalue weighted by molar-refractivity contribution is -0.120. The second-order valence-electron chi connectivity index (χ2n) is 6.30. The van der Waals surface area contributed by atoms with E-state index in [0.29, 0.717) is 22.5 Å². The quantitative estimate of drug-likeness (QED) is 0.659. The van der Waals surface area contributed by atoms with E-state index >= 15 is 0 Å². The molecule has 0 heterocycles. The summed E-state index contributed by atoms with van der Waals surface area (Å²) >= 11 is 0. The molecule has 2 aromatic rings. The van der Waals surface area contributed by atoms with Crippen molar-refractivity contribution in [1.29, 1.82) is 0 Å². The fraction of sp³-hybridized carbons (Fsp3) is 0.318. The van der Waals surface area contributed by atoms with E-state index in [-0.39, 0.29) is 24.3 Å². The normalized spacial score (nSPS) is 10.4. The summed E-state index contributed by atoms with van der Waals surface area (Å²) in [5.41, 5.74) is 1.74. The van der Waals surface area contributed by atoms with Gasteiger partial charge in [-0.05, 0) is 56.2 Å². The lowest BCUT2D eigenvalue weighted by Crippen LogP contribution is -2.21. The summed E-state index contributed by atoms with van der Waals surface area (Å²) in [6.45, 7) is 5.94. The number of esters is 1. The molecule has 0 atom stereocenters. The maximum Gasteiger partial charge on any atom is 0.340 e. The molecule has 148 valence electrons. The van der Waals surface area contributed by atoms with Gasteiger partial charge < -0.3 is 15.4 Å². The highest BCUT2D eigenvalue weighted by Crippen LogP contribution is 2.19. The van der Waals surface area contributed by atoms with Crippen LogP contribution in [0.1, 0.15) is 54.3 Å². The average Bonchev–Trinajstić information content (AvgIpc) is 2.70. The molecule has 2 aromatic carbocycles. The number of carbonyl (C=O) groups excluding carboxylic acids is 3. The molecule has 2 amide bonds. The number of hydrogen-bond acceptors (Lipinski definition) is 4. The Morgan fingerprint density at radius 3 is 2.14 bits per heavy atom. The monoisotopic (exact) mass is 382 g/mol. The first-order valence-corrected chi connectivity index (χ1v) is 9.48. The van der Waals surface area contributed by atoms with Crippen molar-refractivity contribution in [2.45, 2.75) is 33.6 Å². The molecule has 0 unspecified atom stereocenters. The average molecular weight is 382 g/mol. The van der Waals surface area contributed by atoms with Crippen LogP contribution in [0, 0.1) is 5.92 Å². The Hall–Kier alpha value is -3.15. The van der Waals surface area contributed by atoms with Gasteiger partial charge in [0.15, 0.2) is 0 Å². The van der Waals surface area contributed by atoms with Gasteiger partial charge in [-0.3, -0.25) is 9.59 Å². The van der Waals surface area contributed by atoms with Crippen LogP contribution in [-0.2, 0) is 9.53 Å². The largest absolute Gasteiger partial charge is 0.462 e. The number of amides is 2. The van der Waals surface area contributed by atoms with E-state index in [1.165, 1.54) is 0 Å². The van der Waals surface area contributed by atoms with Gasteiger partial charge in [-0.25, -0.2) is 4.79 Å². The van der Waals surface area contributed by atoms with Gasteiger partial charge in [-0.2, -0.15) is 0 Å². The third kappa shape index (κ3) is 5.42. The minimum atomic E-state index is -0.488. The van der Waals surface area contributed by atoms with E-state index in [9.17, 15) is 14.4 Å². The van der Waals surface area contributed by atoms with E-state index in [2.05, 4.69) is 10.6 Å². The predicted molar refractivity (Wildman–Crippen MR) is 109 cm³/mol. The maximum atomic E-state index is 12.5. The highest BCUT2D eigenvalue weighted by molar-refractivity contribution is 6.08. The van der Waals surface area contributed by atoms with Gasteiger partial charge in [-0.1, -0.05) is 26.0 Å². The standard InChI is InChI=1S/C22H26N2O4/c1-4-15(5-2)20(25)23-17-13-11-16(12-14-17)21(26)24-19-10-8-7-9-18(19)22(27)28-6-3/h7-15H,4-6H2,1-3H3,(H,23,25)(H,24,26). The van der Waals surface area contributed by atoms with Crippen molar-refractivity contribution in [3.05, 3.63) is 59.7 Å². The van der Waals surface area contributed by atoms with Crippen molar-refractivity contribution in [3.8, 4) is 0 Å². The second kappa shape index (κ2) is 10.3. The fourth-order valence-electron chi connectivity index (χ4n) is 2.78. The second-order valence-corrected chi connectivity index (χ2v) is 6.30. The summed E-state index contributed by atoms with van der Waals surface area (Å²) in [5, 5.41) is 5.60. The van der Waals surface area contributed by atoms with Crippen molar-refractivity contribution in [2.75, 3.05) is 17.2 Å². The maximum absolute atomic E-state index is 12.5. The van der Waals surface area contributed by atoms with Crippen LogP contribution in [0.15, 0.2) is 48.5 Å². The van der Waals surface area contributed by atoms with Crippen LogP contribution < -0.4 is 10.6 Å². The Morgan fingerprint density at radius 1 is 0.893 bits per heavy atom. The fourth-order valence-corrected chi connectivity index (χ4v) is 2.78. The minimum Gasteiger partial charge on any atom is -0.462 e. The first kappa shape index (κ1) is 21.2. The molecule has 2 N–H and O–H groups in total. The molecule has 28 heavy (non-hydrogen) atoms. The summed E-state index contributed by atoms with van der Waals surface area (Å²) in [5.74, 6) is -0.889. The van der Waals surface area contributed by atoms with Crippen LogP contribution in [0.2, 0.25) is 0 Å². The molecule has 6 heteroatoms. The third-order valence-corrected chi connectivity index (χ3v) is 4.44. The summed E-state index contributed by atoms with van der Waals surface area (Å²) in [7, 11) is 0. The molecule has 0 aromatic heterocycles. The molecular formula is C22H26N2O4. The van der Waals surface area contributed by atoms with Crippen molar-refractivity contribution in [1.82, 2.24) is 0 Å².